The van der Waals surface area contributed by atoms with Gasteiger partial charge in [0.05, 0.1) is 0 Å². The molecule has 2 rings (SSSR count). The summed E-state index contributed by atoms with van der Waals surface area (Å²) in [6.07, 6.45) is 0. The Hall–Kier alpha value is -1.01. The van der Waals surface area contributed by atoms with Crippen molar-refractivity contribution in [2.24, 2.45) is 0 Å². The molecule has 102 valence electrons. The van der Waals surface area contributed by atoms with E-state index < -0.39 is 0 Å². The first-order valence-corrected chi connectivity index (χ1v) is 7.96. The summed E-state index contributed by atoms with van der Waals surface area (Å²) in [5, 5.41) is 10.1. The van der Waals surface area contributed by atoms with Crippen LogP contribution >= 0.6 is 23.1 Å². The molecule has 0 aliphatic heterocycles. The van der Waals surface area contributed by atoms with E-state index in [1.807, 2.05) is 6.92 Å². The minimum atomic E-state index is 0.328. The second-order valence-electron chi connectivity index (χ2n) is 4.99. The Balaban J connectivity index is 2.33. The van der Waals surface area contributed by atoms with Crippen LogP contribution in [0, 0.1) is 6.92 Å². The van der Waals surface area contributed by atoms with Crippen LogP contribution in [0.3, 0.4) is 0 Å². The first kappa shape index (κ1) is 14.4. The SMILES string of the molecule is Cc1nnc(Sc2cc(C(C)C)nc(C(C)C)n2)s1. The molecule has 2 heterocycles. The van der Waals surface area contributed by atoms with Gasteiger partial charge >= 0.3 is 0 Å². The van der Waals surface area contributed by atoms with E-state index in [4.69, 9.17) is 0 Å². The molecule has 0 saturated heterocycles. The molecule has 19 heavy (non-hydrogen) atoms. The Morgan fingerprint density at radius 3 is 2.32 bits per heavy atom. The Morgan fingerprint density at radius 2 is 1.79 bits per heavy atom. The maximum atomic E-state index is 4.62. The predicted molar refractivity (Wildman–Crippen MR) is 79.0 cm³/mol. The normalized spacial score (nSPS) is 11.5. The second kappa shape index (κ2) is 5.96. The minimum Gasteiger partial charge on any atom is -0.237 e. The van der Waals surface area contributed by atoms with E-state index in [-0.39, 0.29) is 0 Å². The average molecular weight is 294 g/mol. The van der Waals surface area contributed by atoms with Crippen molar-refractivity contribution >= 4 is 23.1 Å². The number of hydrogen-bond donors (Lipinski definition) is 0. The van der Waals surface area contributed by atoms with Crippen molar-refractivity contribution < 1.29 is 0 Å². The molecular formula is C13H18N4S2. The van der Waals surface area contributed by atoms with Crippen molar-refractivity contribution in [3.8, 4) is 0 Å². The molecule has 0 radical (unpaired) electrons. The zero-order valence-electron chi connectivity index (χ0n) is 11.8. The molecule has 0 atom stereocenters. The molecule has 0 aliphatic carbocycles. The van der Waals surface area contributed by atoms with Crippen LogP contribution < -0.4 is 0 Å². The fraction of sp³-hybridized carbons (Fsp3) is 0.538. The molecule has 0 fully saturated rings. The molecule has 0 spiro atoms. The molecular weight excluding hydrogens is 276 g/mol. The highest BCUT2D eigenvalue weighted by Crippen LogP contribution is 2.30. The molecule has 0 amide bonds. The Labute approximate surface area is 122 Å². The fourth-order valence-corrected chi connectivity index (χ4v) is 3.26. The Morgan fingerprint density at radius 1 is 1.05 bits per heavy atom. The second-order valence-corrected chi connectivity index (χ2v) is 7.44. The summed E-state index contributed by atoms with van der Waals surface area (Å²) in [6, 6.07) is 2.05. The third-order valence-corrected chi connectivity index (χ3v) is 4.35. The van der Waals surface area contributed by atoms with Crippen LogP contribution in [0.4, 0.5) is 0 Å². The molecule has 0 bridgehead atoms. The highest BCUT2D eigenvalue weighted by atomic mass is 32.2. The van der Waals surface area contributed by atoms with Gasteiger partial charge in [-0.15, -0.1) is 10.2 Å². The topological polar surface area (TPSA) is 51.6 Å². The van der Waals surface area contributed by atoms with E-state index in [0.29, 0.717) is 11.8 Å². The van der Waals surface area contributed by atoms with Gasteiger partial charge in [0.2, 0.25) is 0 Å². The van der Waals surface area contributed by atoms with Crippen LogP contribution in [-0.2, 0) is 0 Å². The quantitative estimate of drug-likeness (QED) is 0.797. The summed E-state index contributed by atoms with van der Waals surface area (Å²) >= 11 is 3.16. The molecule has 2 aromatic heterocycles. The van der Waals surface area contributed by atoms with Gasteiger partial charge in [-0.1, -0.05) is 39.0 Å². The van der Waals surface area contributed by atoms with E-state index in [9.17, 15) is 0 Å². The lowest BCUT2D eigenvalue weighted by Gasteiger charge is -2.11. The van der Waals surface area contributed by atoms with Gasteiger partial charge in [0.15, 0.2) is 4.34 Å². The summed E-state index contributed by atoms with van der Waals surface area (Å²) in [5.41, 5.74) is 1.09. The van der Waals surface area contributed by atoms with E-state index >= 15 is 0 Å². The lowest BCUT2D eigenvalue weighted by molar-refractivity contribution is 0.709. The third-order valence-electron chi connectivity index (χ3n) is 2.55. The lowest BCUT2D eigenvalue weighted by Crippen LogP contribution is -2.03. The van der Waals surface area contributed by atoms with Crippen LogP contribution in [0.25, 0.3) is 0 Å². The Kier molecular flexibility index (Phi) is 4.52. The summed E-state index contributed by atoms with van der Waals surface area (Å²) in [5.74, 6) is 1.63. The number of aryl methyl sites for hydroxylation is 1. The average Bonchev–Trinajstić information content (AvgIpc) is 2.74. The van der Waals surface area contributed by atoms with E-state index in [1.54, 1.807) is 23.1 Å². The number of aromatic nitrogens is 4. The number of rotatable bonds is 4. The summed E-state index contributed by atoms with van der Waals surface area (Å²) < 4.78 is 0.931. The minimum absolute atomic E-state index is 0.328. The molecule has 0 aromatic carbocycles. The van der Waals surface area contributed by atoms with Gasteiger partial charge in [0.1, 0.15) is 15.9 Å². The summed E-state index contributed by atoms with van der Waals surface area (Å²) in [6.45, 7) is 10.5. The largest absolute Gasteiger partial charge is 0.237 e. The van der Waals surface area contributed by atoms with Gasteiger partial charge < -0.3 is 0 Å². The monoisotopic (exact) mass is 294 g/mol. The summed E-state index contributed by atoms with van der Waals surface area (Å²) in [7, 11) is 0. The van der Waals surface area contributed by atoms with Crippen molar-refractivity contribution in [2.45, 2.75) is 55.8 Å². The number of nitrogens with zero attached hydrogens (tertiary/aromatic N) is 4. The maximum Gasteiger partial charge on any atom is 0.180 e. The zero-order valence-corrected chi connectivity index (χ0v) is 13.5. The highest BCUT2D eigenvalue weighted by molar-refractivity contribution is 8.01. The van der Waals surface area contributed by atoms with E-state index in [2.05, 4.69) is 53.9 Å². The summed E-state index contributed by atoms with van der Waals surface area (Å²) in [4.78, 5) is 9.23. The predicted octanol–water partition coefficient (Wildman–Crippen LogP) is 4.03. The van der Waals surface area contributed by atoms with Gasteiger partial charge in [-0.2, -0.15) is 0 Å². The van der Waals surface area contributed by atoms with E-state index in [0.717, 1.165) is 25.9 Å². The third kappa shape index (κ3) is 3.73. The van der Waals surface area contributed by atoms with Gasteiger partial charge in [-0.05, 0) is 30.7 Å². The Bertz CT molecular complexity index is 537. The van der Waals surface area contributed by atoms with Crippen LogP contribution in [0.1, 0.15) is 56.1 Å². The van der Waals surface area contributed by atoms with Crippen molar-refractivity contribution in [1.82, 2.24) is 20.2 Å². The van der Waals surface area contributed by atoms with Crippen LogP contribution in [-0.4, -0.2) is 20.2 Å². The van der Waals surface area contributed by atoms with Crippen LogP contribution in [0.2, 0.25) is 0 Å². The van der Waals surface area contributed by atoms with Crippen molar-refractivity contribution in [2.75, 3.05) is 0 Å². The highest BCUT2D eigenvalue weighted by Gasteiger charge is 2.12. The van der Waals surface area contributed by atoms with Crippen molar-refractivity contribution in [1.29, 1.82) is 0 Å². The lowest BCUT2D eigenvalue weighted by atomic mass is 10.1. The van der Waals surface area contributed by atoms with Gasteiger partial charge in [-0.3, -0.25) is 0 Å². The fourth-order valence-electron chi connectivity index (χ4n) is 1.48. The molecule has 6 heteroatoms. The molecule has 2 aromatic rings. The molecule has 0 unspecified atom stereocenters. The first-order chi connectivity index (χ1) is 8.95. The van der Waals surface area contributed by atoms with Crippen molar-refractivity contribution in [3.63, 3.8) is 0 Å². The van der Waals surface area contributed by atoms with Gasteiger partial charge in [0.25, 0.3) is 0 Å². The van der Waals surface area contributed by atoms with Gasteiger partial charge in [-0.25, -0.2) is 9.97 Å². The zero-order chi connectivity index (χ0) is 14.0. The number of hydrogen-bond acceptors (Lipinski definition) is 6. The molecule has 0 N–H and O–H groups in total. The first-order valence-electron chi connectivity index (χ1n) is 6.32. The smallest absolute Gasteiger partial charge is 0.180 e. The molecule has 4 nitrogen and oxygen atoms in total. The van der Waals surface area contributed by atoms with Crippen molar-refractivity contribution in [3.05, 3.63) is 22.6 Å². The van der Waals surface area contributed by atoms with Crippen LogP contribution in [0.15, 0.2) is 15.4 Å². The molecule has 0 aliphatic rings. The van der Waals surface area contributed by atoms with E-state index in [1.165, 1.54) is 0 Å². The maximum absolute atomic E-state index is 4.62. The van der Waals surface area contributed by atoms with Gasteiger partial charge in [0, 0.05) is 11.6 Å². The van der Waals surface area contributed by atoms with Crippen LogP contribution in [0.5, 0.6) is 0 Å². The standard InChI is InChI=1S/C13H18N4S2/c1-7(2)10-6-11(15-12(14-10)8(3)4)19-13-17-16-9(5)18-13/h6-8H,1-5H3. The molecule has 0 saturated carbocycles.